The summed E-state index contributed by atoms with van der Waals surface area (Å²) in [6.07, 6.45) is 2.33. The van der Waals surface area contributed by atoms with Crippen LogP contribution in [0.5, 0.6) is 0 Å². The molecule has 0 radical (unpaired) electrons. The molecule has 1 saturated carbocycles. The fourth-order valence-electron chi connectivity index (χ4n) is 2.02. The van der Waals surface area contributed by atoms with Crippen LogP contribution in [0.25, 0.3) is 0 Å². The minimum Gasteiger partial charge on any atom is -0.339 e. The van der Waals surface area contributed by atoms with Gasteiger partial charge in [-0.15, -0.1) is 11.3 Å². The lowest BCUT2D eigenvalue weighted by Crippen LogP contribution is -2.40. The number of thiazole rings is 1. The Morgan fingerprint density at radius 1 is 1.67 bits per heavy atom. The van der Waals surface area contributed by atoms with Crippen LogP contribution in [-0.2, 0) is 4.79 Å². The Hall–Kier alpha value is -0.940. The Labute approximate surface area is 112 Å². The number of likely N-dealkylation sites (N-methyl/N-ethyl adjacent to an activating group) is 1. The number of amides is 1. The fraction of sp³-hybridized carbons (Fsp3) is 0.692. The molecular formula is C13H21N3OS. The molecule has 4 nitrogen and oxygen atoms in total. The number of hydrogen-bond donors (Lipinski definition) is 1. The van der Waals surface area contributed by atoms with Crippen molar-refractivity contribution in [2.24, 2.45) is 0 Å². The average Bonchev–Trinajstić information content (AvgIpc) is 3.08. The van der Waals surface area contributed by atoms with Crippen LogP contribution in [0.15, 0.2) is 5.38 Å². The molecule has 1 amide bonds. The van der Waals surface area contributed by atoms with E-state index in [2.05, 4.69) is 17.2 Å². The standard InChI is InChI=1S/C13H21N3OS/c1-4-16(11-5-6-11)12(17)7-14-10(3)13-15-9(2)8-18-13/h8,10-11,14H,4-7H2,1-3H3. The van der Waals surface area contributed by atoms with Gasteiger partial charge in [-0.1, -0.05) is 0 Å². The number of carbonyl (C=O) groups is 1. The van der Waals surface area contributed by atoms with Crippen molar-refractivity contribution in [2.45, 2.75) is 45.7 Å². The van der Waals surface area contributed by atoms with E-state index >= 15 is 0 Å². The van der Waals surface area contributed by atoms with Crippen molar-refractivity contribution in [3.05, 3.63) is 16.1 Å². The summed E-state index contributed by atoms with van der Waals surface area (Å²) in [5, 5.41) is 6.36. The molecule has 0 aromatic carbocycles. The van der Waals surface area contributed by atoms with Gasteiger partial charge >= 0.3 is 0 Å². The Morgan fingerprint density at radius 2 is 2.39 bits per heavy atom. The van der Waals surface area contributed by atoms with Gasteiger partial charge in [0.2, 0.25) is 5.91 Å². The minimum atomic E-state index is 0.144. The Morgan fingerprint density at radius 3 is 2.89 bits per heavy atom. The van der Waals surface area contributed by atoms with E-state index in [9.17, 15) is 4.79 Å². The van der Waals surface area contributed by atoms with E-state index in [0.717, 1.165) is 17.2 Å². The summed E-state index contributed by atoms with van der Waals surface area (Å²) in [5.41, 5.74) is 1.04. The molecule has 1 atom stereocenters. The van der Waals surface area contributed by atoms with Gasteiger partial charge in [-0.3, -0.25) is 10.1 Å². The normalized spacial score (nSPS) is 16.6. The summed E-state index contributed by atoms with van der Waals surface area (Å²) in [6.45, 7) is 7.31. The highest BCUT2D eigenvalue weighted by Crippen LogP contribution is 2.26. The largest absolute Gasteiger partial charge is 0.339 e. The van der Waals surface area contributed by atoms with Crippen molar-refractivity contribution in [3.8, 4) is 0 Å². The second-order valence-corrected chi connectivity index (χ2v) is 5.73. The zero-order valence-electron chi connectivity index (χ0n) is 11.3. The lowest BCUT2D eigenvalue weighted by molar-refractivity contribution is -0.130. The van der Waals surface area contributed by atoms with Gasteiger partial charge < -0.3 is 4.90 Å². The first kappa shape index (κ1) is 13.5. The molecule has 0 aliphatic heterocycles. The average molecular weight is 267 g/mol. The molecule has 18 heavy (non-hydrogen) atoms. The monoisotopic (exact) mass is 267 g/mol. The van der Waals surface area contributed by atoms with Crippen LogP contribution in [-0.4, -0.2) is 34.9 Å². The lowest BCUT2D eigenvalue weighted by atomic mass is 10.3. The molecule has 100 valence electrons. The highest BCUT2D eigenvalue weighted by molar-refractivity contribution is 7.09. The molecular weight excluding hydrogens is 246 g/mol. The molecule has 1 N–H and O–H groups in total. The van der Waals surface area contributed by atoms with Gasteiger partial charge in [-0.25, -0.2) is 4.98 Å². The fourth-order valence-corrected chi connectivity index (χ4v) is 2.85. The van der Waals surface area contributed by atoms with Crippen molar-refractivity contribution < 1.29 is 4.79 Å². The van der Waals surface area contributed by atoms with Gasteiger partial charge in [0.05, 0.1) is 12.6 Å². The van der Waals surface area contributed by atoms with Crippen LogP contribution in [0, 0.1) is 6.92 Å². The summed E-state index contributed by atoms with van der Waals surface area (Å²) in [4.78, 5) is 18.5. The number of rotatable bonds is 6. The molecule has 1 unspecified atom stereocenters. The number of nitrogens with one attached hydrogen (secondary N) is 1. The Kier molecular flexibility index (Phi) is 4.35. The van der Waals surface area contributed by atoms with E-state index in [1.807, 2.05) is 24.1 Å². The van der Waals surface area contributed by atoms with Crippen LogP contribution < -0.4 is 5.32 Å². The number of aromatic nitrogens is 1. The first-order valence-electron chi connectivity index (χ1n) is 6.56. The van der Waals surface area contributed by atoms with Crippen molar-refractivity contribution in [2.75, 3.05) is 13.1 Å². The van der Waals surface area contributed by atoms with E-state index in [0.29, 0.717) is 12.6 Å². The van der Waals surface area contributed by atoms with Gasteiger partial charge in [0.25, 0.3) is 0 Å². The molecule has 0 saturated heterocycles. The summed E-state index contributed by atoms with van der Waals surface area (Å²) < 4.78 is 0. The lowest BCUT2D eigenvalue weighted by Gasteiger charge is -2.21. The third-order valence-corrected chi connectivity index (χ3v) is 4.36. The van der Waals surface area contributed by atoms with E-state index in [-0.39, 0.29) is 11.9 Å². The van der Waals surface area contributed by atoms with E-state index < -0.39 is 0 Å². The summed E-state index contributed by atoms with van der Waals surface area (Å²) >= 11 is 1.64. The molecule has 1 aliphatic carbocycles. The summed E-state index contributed by atoms with van der Waals surface area (Å²) in [7, 11) is 0. The predicted molar refractivity (Wildman–Crippen MR) is 73.7 cm³/mol. The maximum Gasteiger partial charge on any atom is 0.236 e. The number of aryl methyl sites for hydroxylation is 1. The Balaban J connectivity index is 1.81. The first-order valence-corrected chi connectivity index (χ1v) is 7.44. The molecule has 1 aromatic heterocycles. The third kappa shape index (κ3) is 3.29. The van der Waals surface area contributed by atoms with Crippen LogP contribution in [0.3, 0.4) is 0 Å². The SMILES string of the molecule is CCN(C(=O)CNC(C)c1nc(C)cs1)C1CC1. The second-order valence-electron chi connectivity index (χ2n) is 4.84. The molecule has 0 bridgehead atoms. The summed E-state index contributed by atoms with van der Waals surface area (Å²) in [5.74, 6) is 0.208. The van der Waals surface area contributed by atoms with E-state index in [4.69, 9.17) is 0 Å². The van der Waals surface area contributed by atoms with Gasteiger partial charge in [0.1, 0.15) is 5.01 Å². The number of carbonyl (C=O) groups excluding carboxylic acids is 1. The van der Waals surface area contributed by atoms with E-state index in [1.165, 1.54) is 12.8 Å². The molecule has 1 fully saturated rings. The van der Waals surface area contributed by atoms with Gasteiger partial charge in [-0.2, -0.15) is 0 Å². The molecule has 2 rings (SSSR count). The quantitative estimate of drug-likeness (QED) is 0.858. The van der Waals surface area contributed by atoms with Gasteiger partial charge in [0, 0.05) is 23.7 Å². The molecule has 1 heterocycles. The highest BCUT2D eigenvalue weighted by atomic mass is 32.1. The van der Waals surface area contributed by atoms with Gasteiger partial charge in [-0.05, 0) is 33.6 Å². The Bertz CT molecular complexity index is 414. The topological polar surface area (TPSA) is 45.2 Å². The van der Waals surface area contributed by atoms with Crippen molar-refractivity contribution in [1.82, 2.24) is 15.2 Å². The molecule has 1 aliphatic rings. The zero-order chi connectivity index (χ0) is 13.1. The molecule has 5 heteroatoms. The summed E-state index contributed by atoms with van der Waals surface area (Å²) in [6, 6.07) is 0.646. The molecule has 1 aromatic rings. The second kappa shape index (κ2) is 5.80. The van der Waals surface area contributed by atoms with E-state index in [1.54, 1.807) is 11.3 Å². The van der Waals surface area contributed by atoms with Crippen LogP contribution in [0.4, 0.5) is 0 Å². The van der Waals surface area contributed by atoms with Crippen molar-refractivity contribution >= 4 is 17.2 Å². The maximum absolute atomic E-state index is 12.0. The maximum atomic E-state index is 12.0. The molecule has 0 spiro atoms. The van der Waals surface area contributed by atoms with Crippen molar-refractivity contribution in [3.63, 3.8) is 0 Å². The van der Waals surface area contributed by atoms with Gasteiger partial charge in [0.15, 0.2) is 0 Å². The smallest absolute Gasteiger partial charge is 0.236 e. The number of nitrogens with zero attached hydrogens (tertiary/aromatic N) is 2. The third-order valence-electron chi connectivity index (χ3n) is 3.22. The van der Waals surface area contributed by atoms with Crippen LogP contribution >= 0.6 is 11.3 Å². The zero-order valence-corrected chi connectivity index (χ0v) is 12.1. The minimum absolute atomic E-state index is 0.144. The first-order chi connectivity index (χ1) is 8.61. The van der Waals surface area contributed by atoms with Crippen LogP contribution in [0.2, 0.25) is 0 Å². The van der Waals surface area contributed by atoms with Crippen LogP contribution in [0.1, 0.15) is 43.4 Å². The predicted octanol–water partition coefficient (Wildman–Crippen LogP) is 2.11. The van der Waals surface area contributed by atoms with Crippen molar-refractivity contribution in [1.29, 1.82) is 0 Å². The highest BCUT2D eigenvalue weighted by Gasteiger charge is 2.31. The number of hydrogen-bond acceptors (Lipinski definition) is 4.